The number of hydrogen-bond acceptors (Lipinski definition) is 4. The molecule has 5 nitrogen and oxygen atoms in total. The number of anilines is 1. The van der Waals surface area contributed by atoms with Gasteiger partial charge in [-0.05, 0) is 19.1 Å². The number of ether oxygens (including phenoxy) is 1. The molecule has 0 fully saturated rings. The van der Waals surface area contributed by atoms with Crippen molar-refractivity contribution in [3.05, 3.63) is 29.8 Å². The number of aliphatic carboxylic acids is 1. The van der Waals surface area contributed by atoms with Crippen LogP contribution in [0.15, 0.2) is 24.3 Å². The van der Waals surface area contributed by atoms with Gasteiger partial charge in [-0.1, -0.05) is 12.1 Å². The van der Waals surface area contributed by atoms with Crippen molar-refractivity contribution in [2.45, 2.75) is 12.5 Å². The molecule has 0 aliphatic heterocycles. The number of benzene rings is 1. The molecule has 0 aliphatic carbocycles. The number of carbonyl (C=O) groups is 1. The van der Waals surface area contributed by atoms with Gasteiger partial charge in [0.15, 0.2) is 5.54 Å². The quantitative estimate of drug-likeness (QED) is 0.806. The fraction of sp³-hybridized carbons (Fsp3) is 0.333. The van der Waals surface area contributed by atoms with Crippen LogP contribution in [0.5, 0.6) is 0 Å². The molecule has 1 aromatic carbocycles. The third-order valence-corrected chi connectivity index (χ3v) is 2.36. The molecule has 0 heterocycles. The molecule has 0 spiro atoms. The van der Waals surface area contributed by atoms with E-state index in [9.17, 15) is 4.79 Å². The second-order valence-corrected chi connectivity index (χ2v) is 3.85. The summed E-state index contributed by atoms with van der Waals surface area (Å²) in [4.78, 5) is 11.2. The van der Waals surface area contributed by atoms with E-state index in [1.54, 1.807) is 24.3 Å². The van der Waals surface area contributed by atoms with Crippen LogP contribution in [0.25, 0.3) is 0 Å². The standard InChI is InChI=1S/C12H14N2O3/c1-12(8-17-2,11(15)16)14-10-6-4-3-5-9(10)7-13/h3-6,14H,8H2,1-2H3,(H,15,16). The Morgan fingerprint density at radius 1 is 1.59 bits per heavy atom. The van der Waals surface area contributed by atoms with E-state index in [4.69, 9.17) is 15.1 Å². The Balaban J connectivity index is 3.02. The van der Waals surface area contributed by atoms with Crippen LogP contribution in [0.1, 0.15) is 12.5 Å². The summed E-state index contributed by atoms with van der Waals surface area (Å²) in [6.07, 6.45) is 0. The Morgan fingerprint density at radius 3 is 2.76 bits per heavy atom. The molecule has 90 valence electrons. The van der Waals surface area contributed by atoms with Crippen LogP contribution in [0.2, 0.25) is 0 Å². The van der Waals surface area contributed by atoms with Crippen molar-refractivity contribution >= 4 is 11.7 Å². The second kappa shape index (κ2) is 5.32. The molecule has 17 heavy (non-hydrogen) atoms. The van der Waals surface area contributed by atoms with Crippen molar-refractivity contribution < 1.29 is 14.6 Å². The molecule has 1 rings (SSSR count). The third kappa shape index (κ3) is 2.95. The Morgan fingerprint density at radius 2 is 2.24 bits per heavy atom. The molecule has 0 saturated carbocycles. The fourth-order valence-electron chi connectivity index (χ4n) is 1.43. The highest BCUT2D eigenvalue weighted by molar-refractivity contribution is 5.83. The van der Waals surface area contributed by atoms with Crippen LogP contribution in [-0.2, 0) is 9.53 Å². The number of carboxylic acid groups (broad SMARTS) is 1. The van der Waals surface area contributed by atoms with Gasteiger partial charge in [-0.2, -0.15) is 5.26 Å². The van der Waals surface area contributed by atoms with Gasteiger partial charge >= 0.3 is 5.97 Å². The van der Waals surface area contributed by atoms with Crippen LogP contribution in [-0.4, -0.2) is 30.3 Å². The average molecular weight is 234 g/mol. The minimum absolute atomic E-state index is 0.00208. The summed E-state index contributed by atoms with van der Waals surface area (Å²) in [6, 6.07) is 8.74. The van der Waals surface area contributed by atoms with E-state index in [1.165, 1.54) is 14.0 Å². The topological polar surface area (TPSA) is 82.3 Å². The molecule has 0 radical (unpaired) electrons. The molecule has 1 aromatic rings. The van der Waals surface area contributed by atoms with E-state index >= 15 is 0 Å². The molecule has 1 atom stereocenters. The number of hydrogen-bond donors (Lipinski definition) is 2. The summed E-state index contributed by atoms with van der Waals surface area (Å²) in [5.74, 6) is -1.04. The fourth-order valence-corrected chi connectivity index (χ4v) is 1.43. The maximum Gasteiger partial charge on any atom is 0.331 e. The number of nitriles is 1. The predicted octanol–water partition coefficient (Wildman–Crippen LogP) is 1.46. The lowest BCUT2D eigenvalue weighted by molar-refractivity contribution is -0.143. The monoisotopic (exact) mass is 234 g/mol. The van der Waals surface area contributed by atoms with E-state index < -0.39 is 11.5 Å². The minimum atomic E-state index is -1.26. The number of carboxylic acids is 1. The van der Waals surface area contributed by atoms with Gasteiger partial charge < -0.3 is 15.2 Å². The van der Waals surface area contributed by atoms with Gasteiger partial charge in [0.25, 0.3) is 0 Å². The Bertz CT molecular complexity index is 453. The lowest BCUT2D eigenvalue weighted by Crippen LogP contribution is -2.47. The molecule has 0 bridgehead atoms. The number of para-hydroxylation sites is 1. The lowest BCUT2D eigenvalue weighted by Gasteiger charge is -2.26. The average Bonchev–Trinajstić information content (AvgIpc) is 2.30. The first kappa shape index (κ1) is 13.0. The highest BCUT2D eigenvalue weighted by Gasteiger charge is 2.33. The van der Waals surface area contributed by atoms with Gasteiger partial charge in [-0.3, -0.25) is 0 Å². The highest BCUT2D eigenvalue weighted by Crippen LogP contribution is 2.20. The first-order valence-electron chi connectivity index (χ1n) is 5.03. The molecule has 5 heteroatoms. The Kier molecular flexibility index (Phi) is 4.07. The second-order valence-electron chi connectivity index (χ2n) is 3.85. The zero-order valence-electron chi connectivity index (χ0n) is 9.73. The number of nitrogens with zero attached hydrogens (tertiary/aromatic N) is 1. The van der Waals surface area contributed by atoms with Crippen molar-refractivity contribution in [3.63, 3.8) is 0 Å². The lowest BCUT2D eigenvalue weighted by atomic mass is 10.0. The van der Waals surface area contributed by atoms with Crippen LogP contribution < -0.4 is 5.32 Å². The zero-order valence-corrected chi connectivity index (χ0v) is 9.73. The molecule has 0 aromatic heterocycles. The highest BCUT2D eigenvalue weighted by atomic mass is 16.5. The summed E-state index contributed by atoms with van der Waals surface area (Å²) in [6.45, 7) is 1.51. The summed E-state index contributed by atoms with van der Waals surface area (Å²) in [5.41, 5.74) is -0.380. The van der Waals surface area contributed by atoms with Gasteiger partial charge in [0.05, 0.1) is 17.9 Å². The Hall–Kier alpha value is -2.06. The first-order valence-corrected chi connectivity index (χ1v) is 5.03. The van der Waals surface area contributed by atoms with Crippen molar-refractivity contribution in [2.24, 2.45) is 0 Å². The summed E-state index contributed by atoms with van der Waals surface area (Å²) in [5, 5.41) is 20.9. The van der Waals surface area contributed by atoms with E-state index in [0.717, 1.165) is 0 Å². The van der Waals surface area contributed by atoms with Gasteiger partial charge in [0, 0.05) is 7.11 Å². The van der Waals surface area contributed by atoms with E-state index in [-0.39, 0.29) is 6.61 Å². The van der Waals surface area contributed by atoms with Gasteiger partial charge in [0.2, 0.25) is 0 Å². The SMILES string of the molecule is COCC(C)(Nc1ccccc1C#N)C(=O)O. The number of methoxy groups -OCH3 is 1. The smallest absolute Gasteiger partial charge is 0.331 e. The summed E-state index contributed by atoms with van der Waals surface area (Å²) in [7, 11) is 1.43. The van der Waals surface area contributed by atoms with E-state index in [1.807, 2.05) is 6.07 Å². The largest absolute Gasteiger partial charge is 0.479 e. The van der Waals surface area contributed by atoms with Crippen molar-refractivity contribution in [2.75, 3.05) is 19.0 Å². The molecule has 0 saturated heterocycles. The van der Waals surface area contributed by atoms with Gasteiger partial charge in [0.1, 0.15) is 6.07 Å². The maximum atomic E-state index is 11.2. The molecule has 0 aliphatic rings. The number of rotatable bonds is 5. The van der Waals surface area contributed by atoms with Crippen LogP contribution in [0, 0.1) is 11.3 Å². The predicted molar refractivity (Wildman–Crippen MR) is 62.7 cm³/mol. The molecular formula is C12H14N2O3. The molecule has 0 amide bonds. The van der Waals surface area contributed by atoms with Crippen LogP contribution >= 0.6 is 0 Å². The van der Waals surface area contributed by atoms with Crippen LogP contribution in [0.3, 0.4) is 0 Å². The Labute approximate surface area is 99.6 Å². The molecule has 2 N–H and O–H groups in total. The first-order chi connectivity index (χ1) is 8.03. The molecule has 1 unspecified atom stereocenters. The van der Waals surface area contributed by atoms with Crippen LogP contribution in [0.4, 0.5) is 5.69 Å². The van der Waals surface area contributed by atoms with Crippen molar-refractivity contribution in [1.82, 2.24) is 0 Å². The van der Waals surface area contributed by atoms with Gasteiger partial charge in [-0.25, -0.2) is 4.79 Å². The van der Waals surface area contributed by atoms with Crippen molar-refractivity contribution in [3.8, 4) is 6.07 Å². The maximum absolute atomic E-state index is 11.2. The van der Waals surface area contributed by atoms with E-state index in [0.29, 0.717) is 11.3 Å². The summed E-state index contributed by atoms with van der Waals surface area (Å²) >= 11 is 0. The van der Waals surface area contributed by atoms with Gasteiger partial charge in [-0.15, -0.1) is 0 Å². The number of nitrogens with one attached hydrogen (secondary N) is 1. The molecular weight excluding hydrogens is 220 g/mol. The van der Waals surface area contributed by atoms with E-state index in [2.05, 4.69) is 5.32 Å². The third-order valence-electron chi connectivity index (χ3n) is 2.36. The zero-order chi connectivity index (χ0) is 12.9. The van der Waals surface area contributed by atoms with Crippen molar-refractivity contribution in [1.29, 1.82) is 5.26 Å². The minimum Gasteiger partial charge on any atom is -0.479 e. The normalized spacial score (nSPS) is 13.5. The summed E-state index contributed by atoms with van der Waals surface area (Å²) < 4.78 is 4.89.